The Balaban J connectivity index is 1.44. The normalized spacial score (nSPS) is 20.5. The van der Waals surface area contributed by atoms with Crippen molar-refractivity contribution in [1.29, 1.82) is 0 Å². The highest BCUT2D eigenvalue weighted by Crippen LogP contribution is 2.41. The van der Waals surface area contributed by atoms with Crippen LogP contribution in [-0.4, -0.2) is 44.9 Å². The fraction of sp³-hybridized carbons (Fsp3) is 0.360. The fourth-order valence-corrected chi connectivity index (χ4v) is 5.31. The summed E-state index contributed by atoms with van der Waals surface area (Å²) in [7, 11) is 1.61. The van der Waals surface area contributed by atoms with E-state index in [0.717, 1.165) is 48.1 Å². The van der Waals surface area contributed by atoms with Crippen molar-refractivity contribution in [1.82, 2.24) is 14.7 Å². The van der Waals surface area contributed by atoms with Crippen LogP contribution in [0.5, 0.6) is 5.75 Å². The molecule has 166 valence electrons. The molecule has 1 amide bonds. The van der Waals surface area contributed by atoms with Gasteiger partial charge in [0.15, 0.2) is 0 Å². The van der Waals surface area contributed by atoms with Gasteiger partial charge in [0.1, 0.15) is 5.75 Å². The molecule has 2 atom stereocenters. The molecule has 3 aromatic rings. The van der Waals surface area contributed by atoms with Crippen LogP contribution in [0.4, 0.5) is 0 Å². The van der Waals surface area contributed by atoms with E-state index in [9.17, 15) is 9.90 Å². The van der Waals surface area contributed by atoms with E-state index in [4.69, 9.17) is 16.3 Å². The van der Waals surface area contributed by atoms with Crippen LogP contribution in [0.25, 0.3) is 5.69 Å². The van der Waals surface area contributed by atoms with Gasteiger partial charge in [-0.15, -0.1) is 0 Å². The summed E-state index contributed by atoms with van der Waals surface area (Å²) in [4.78, 5) is 15.1. The van der Waals surface area contributed by atoms with Crippen molar-refractivity contribution < 1.29 is 14.6 Å². The van der Waals surface area contributed by atoms with Gasteiger partial charge in [0.25, 0.3) is 5.91 Å². The third-order valence-corrected chi connectivity index (χ3v) is 7.02. The van der Waals surface area contributed by atoms with Gasteiger partial charge in [-0.1, -0.05) is 36.6 Å². The van der Waals surface area contributed by atoms with Gasteiger partial charge >= 0.3 is 0 Å². The molecule has 2 aliphatic rings. The number of amides is 1. The first kappa shape index (κ1) is 21.0. The first-order valence-electron chi connectivity index (χ1n) is 11.0. The smallest absolute Gasteiger partial charge is 0.254 e. The number of rotatable bonds is 5. The minimum atomic E-state index is -0.476. The van der Waals surface area contributed by atoms with Crippen LogP contribution in [0.2, 0.25) is 5.02 Å². The summed E-state index contributed by atoms with van der Waals surface area (Å²) in [5.74, 6) is 0.561. The molecular formula is C25H26ClN3O3. The first-order valence-corrected chi connectivity index (χ1v) is 11.4. The minimum Gasteiger partial charge on any atom is -0.495 e. The van der Waals surface area contributed by atoms with Crippen molar-refractivity contribution in [3.63, 3.8) is 0 Å². The molecule has 7 heteroatoms. The summed E-state index contributed by atoms with van der Waals surface area (Å²) in [6.45, 7) is 0.421. The zero-order valence-electron chi connectivity index (χ0n) is 18.0. The number of ether oxygens (including phenoxy) is 1. The Morgan fingerprint density at radius 1 is 1.22 bits per heavy atom. The average molecular weight is 452 g/mol. The molecule has 0 bridgehead atoms. The Bertz CT molecular complexity index is 1130. The van der Waals surface area contributed by atoms with Gasteiger partial charge in [0, 0.05) is 42.0 Å². The maximum Gasteiger partial charge on any atom is 0.254 e. The summed E-state index contributed by atoms with van der Waals surface area (Å²) in [6.07, 6.45) is 7.36. The second kappa shape index (κ2) is 8.60. The van der Waals surface area contributed by atoms with Gasteiger partial charge in [-0.05, 0) is 42.7 Å². The highest BCUT2D eigenvalue weighted by atomic mass is 35.5. The van der Waals surface area contributed by atoms with Crippen molar-refractivity contribution in [2.45, 2.75) is 50.8 Å². The number of benzene rings is 2. The number of methoxy groups -OCH3 is 1. The SMILES string of the molecule is COc1c(Cc2ccc(-n3cccn3)cc2)cc2c(c1Cl)CN([C@H]1CCCC[C@@H]1O)C2=O. The summed E-state index contributed by atoms with van der Waals surface area (Å²) in [5, 5.41) is 15.2. The Hall–Kier alpha value is -2.83. The van der Waals surface area contributed by atoms with E-state index in [-0.39, 0.29) is 11.9 Å². The predicted octanol–water partition coefficient (Wildman–Crippen LogP) is 4.38. The molecule has 32 heavy (non-hydrogen) atoms. The lowest BCUT2D eigenvalue weighted by molar-refractivity contribution is 0.0191. The van der Waals surface area contributed by atoms with Crippen LogP contribution >= 0.6 is 11.6 Å². The quantitative estimate of drug-likeness (QED) is 0.625. The van der Waals surface area contributed by atoms with E-state index in [1.54, 1.807) is 18.2 Å². The molecule has 1 fully saturated rings. The highest BCUT2D eigenvalue weighted by Gasteiger charge is 2.39. The number of carbonyl (C=O) groups is 1. The molecule has 1 aliphatic heterocycles. The molecule has 1 N–H and O–H groups in total. The molecule has 2 aromatic carbocycles. The van der Waals surface area contributed by atoms with E-state index in [2.05, 4.69) is 5.10 Å². The zero-order chi connectivity index (χ0) is 22.2. The van der Waals surface area contributed by atoms with Gasteiger partial charge in [0.2, 0.25) is 0 Å². The van der Waals surface area contributed by atoms with Gasteiger partial charge < -0.3 is 14.7 Å². The Kier molecular flexibility index (Phi) is 5.66. The molecule has 0 spiro atoms. The maximum absolute atomic E-state index is 13.3. The van der Waals surface area contributed by atoms with Crippen LogP contribution in [-0.2, 0) is 13.0 Å². The van der Waals surface area contributed by atoms with Crippen molar-refractivity contribution in [2.75, 3.05) is 7.11 Å². The molecule has 1 aromatic heterocycles. The van der Waals surface area contributed by atoms with Gasteiger partial charge in [-0.25, -0.2) is 4.68 Å². The Morgan fingerprint density at radius 3 is 2.69 bits per heavy atom. The number of aliphatic hydroxyl groups is 1. The summed E-state index contributed by atoms with van der Waals surface area (Å²) in [6, 6.07) is 11.8. The van der Waals surface area contributed by atoms with Crippen LogP contribution < -0.4 is 4.74 Å². The molecule has 0 radical (unpaired) electrons. The molecule has 1 saturated carbocycles. The fourth-order valence-electron chi connectivity index (χ4n) is 4.95. The Morgan fingerprint density at radius 2 is 2.00 bits per heavy atom. The molecule has 1 aliphatic carbocycles. The predicted molar refractivity (Wildman–Crippen MR) is 123 cm³/mol. The van der Waals surface area contributed by atoms with Crippen molar-refractivity contribution in [3.8, 4) is 11.4 Å². The number of fused-ring (bicyclic) bond motifs is 1. The second-order valence-electron chi connectivity index (χ2n) is 8.56. The number of halogens is 1. The summed E-state index contributed by atoms with van der Waals surface area (Å²) in [5.41, 5.74) is 4.36. The molecular weight excluding hydrogens is 426 g/mol. The molecule has 5 rings (SSSR count). The lowest BCUT2D eigenvalue weighted by atomic mass is 9.91. The highest BCUT2D eigenvalue weighted by molar-refractivity contribution is 6.33. The molecule has 0 unspecified atom stereocenters. The zero-order valence-corrected chi connectivity index (χ0v) is 18.8. The number of aliphatic hydroxyl groups excluding tert-OH is 1. The minimum absolute atomic E-state index is 0.0502. The van der Waals surface area contributed by atoms with E-state index in [1.165, 1.54) is 0 Å². The third kappa shape index (κ3) is 3.67. The van der Waals surface area contributed by atoms with Crippen LogP contribution in [0.15, 0.2) is 48.8 Å². The van der Waals surface area contributed by atoms with Crippen molar-refractivity contribution in [3.05, 3.63) is 76.1 Å². The van der Waals surface area contributed by atoms with Gasteiger partial charge in [-0.2, -0.15) is 5.10 Å². The Labute approximate surface area is 192 Å². The van der Waals surface area contributed by atoms with E-state index >= 15 is 0 Å². The summed E-state index contributed by atoms with van der Waals surface area (Å²) >= 11 is 6.75. The number of carbonyl (C=O) groups excluding carboxylic acids is 1. The number of hydrogen-bond donors (Lipinski definition) is 1. The van der Waals surface area contributed by atoms with E-state index < -0.39 is 6.10 Å². The van der Waals surface area contributed by atoms with Crippen molar-refractivity contribution in [2.24, 2.45) is 0 Å². The van der Waals surface area contributed by atoms with E-state index in [0.29, 0.717) is 29.3 Å². The lowest BCUT2D eigenvalue weighted by Crippen LogP contribution is -2.45. The molecule has 0 saturated heterocycles. The summed E-state index contributed by atoms with van der Waals surface area (Å²) < 4.78 is 7.48. The topological polar surface area (TPSA) is 67.6 Å². The molecule has 6 nitrogen and oxygen atoms in total. The number of aromatic nitrogens is 2. The lowest BCUT2D eigenvalue weighted by Gasteiger charge is -2.35. The average Bonchev–Trinajstić information content (AvgIpc) is 3.44. The van der Waals surface area contributed by atoms with Gasteiger partial charge in [-0.3, -0.25) is 4.79 Å². The third-order valence-electron chi connectivity index (χ3n) is 6.62. The largest absolute Gasteiger partial charge is 0.495 e. The first-order chi connectivity index (χ1) is 15.6. The van der Waals surface area contributed by atoms with E-state index in [1.807, 2.05) is 47.3 Å². The number of nitrogens with zero attached hydrogens (tertiary/aromatic N) is 3. The standard InChI is InChI=1S/C25H26ClN3O3/c1-32-24-17(13-16-7-9-18(10-8-16)29-12-4-11-27-29)14-19-20(23(24)26)15-28(25(19)31)21-5-2-3-6-22(21)30/h4,7-12,14,21-22,30H,2-3,5-6,13,15H2,1H3/t21-,22-/m0/s1. The molecule has 2 heterocycles. The second-order valence-corrected chi connectivity index (χ2v) is 8.93. The monoisotopic (exact) mass is 451 g/mol. The van der Waals surface area contributed by atoms with Gasteiger partial charge in [0.05, 0.1) is 30.0 Å². The van der Waals surface area contributed by atoms with Crippen molar-refractivity contribution >= 4 is 17.5 Å². The maximum atomic E-state index is 13.3. The van der Waals surface area contributed by atoms with Crippen LogP contribution in [0.3, 0.4) is 0 Å². The van der Waals surface area contributed by atoms with Crippen LogP contribution in [0.1, 0.15) is 52.7 Å². The van der Waals surface area contributed by atoms with Crippen LogP contribution in [0, 0.1) is 0 Å². The number of hydrogen-bond acceptors (Lipinski definition) is 4.